The van der Waals surface area contributed by atoms with Gasteiger partial charge in [-0.05, 0) is 10.8 Å². The molecule has 1 heterocycles. The zero-order valence-corrected chi connectivity index (χ0v) is 9.12. The van der Waals surface area contributed by atoms with E-state index in [-0.39, 0.29) is 0 Å². The normalized spacial score (nSPS) is 14.9. The van der Waals surface area contributed by atoms with E-state index in [1.54, 1.807) is 0 Å². The summed E-state index contributed by atoms with van der Waals surface area (Å²) in [6.45, 7) is 0. The van der Waals surface area contributed by atoms with E-state index in [0.717, 1.165) is 22.9 Å². The van der Waals surface area contributed by atoms with Crippen LogP contribution in [0.25, 0.3) is 0 Å². The second-order valence-corrected chi connectivity index (χ2v) is 3.72. The first-order valence-electron chi connectivity index (χ1n) is 5.42. The lowest BCUT2D eigenvalue weighted by molar-refractivity contribution is 1.05. The third kappa shape index (κ3) is 1.87. The van der Waals surface area contributed by atoms with Gasteiger partial charge < -0.3 is 0 Å². The van der Waals surface area contributed by atoms with Crippen molar-refractivity contribution in [3.63, 3.8) is 0 Å². The summed E-state index contributed by atoms with van der Waals surface area (Å²) in [5.74, 6) is 0. The van der Waals surface area contributed by atoms with E-state index < -0.39 is 0 Å². The molecule has 1 radical (unpaired) electrons. The van der Waals surface area contributed by atoms with Crippen molar-refractivity contribution in [2.75, 3.05) is 0 Å². The Morgan fingerprint density at radius 1 is 0.647 bits per heavy atom. The molecular formula is C14H10N3. The minimum atomic E-state index is 0.830. The molecule has 0 aliphatic carbocycles. The fourth-order valence-corrected chi connectivity index (χ4v) is 1.79. The van der Waals surface area contributed by atoms with E-state index in [0.29, 0.717) is 0 Å². The zero-order valence-electron chi connectivity index (χ0n) is 9.12. The second kappa shape index (κ2) is 4.29. The van der Waals surface area contributed by atoms with E-state index in [1.165, 1.54) is 0 Å². The van der Waals surface area contributed by atoms with Crippen molar-refractivity contribution in [2.45, 2.75) is 0 Å². The summed E-state index contributed by atoms with van der Waals surface area (Å²) >= 11 is 0. The molecule has 81 valence electrons. The Morgan fingerprint density at radius 2 is 1.24 bits per heavy atom. The minimum Gasteiger partial charge on any atom is -0.147 e. The smallest absolute Gasteiger partial charge is 0.147 e. The van der Waals surface area contributed by atoms with Crippen LogP contribution in [-0.2, 0) is 0 Å². The van der Waals surface area contributed by atoms with Crippen LogP contribution in [0.1, 0.15) is 11.1 Å². The molecule has 2 aromatic carbocycles. The Kier molecular flexibility index (Phi) is 2.50. The Labute approximate surface area is 99.5 Å². The maximum Gasteiger partial charge on any atom is 0.190 e. The van der Waals surface area contributed by atoms with Gasteiger partial charge in [-0.3, -0.25) is 0 Å². The van der Waals surface area contributed by atoms with Gasteiger partial charge in [0.15, 0.2) is 6.04 Å². The summed E-state index contributed by atoms with van der Waals surface area (Å²) in [4.78, 5) is 0. The van der Waals surface area contributed by atoms with Crippen molar-refractivity contribution in [2.24, 2.45) is 15.4 Å². The number of hydrogen-bond donors (Lipinski definition) is 0. The SMILES string of the molecule is c1ccc([C]2N=NN=C2c2ccccc2)cc1. The van der Waals surface area contributed by atoms with Gasteiger partial charge in [-0.25, -0.2) is 0 Å². The van der Waals surface area contributed by atoms with E-state index in [9.17, 15) is 0 Å². The van der Waals surface area contributed by atoms with Crippen LogP contribution in [0.2, 0.25) is 0 Å². The molecule has 0 amide bonds. The van der Waals surface area contributed by atoms with Gasteiger partial charge in [0.05, 0.1) is 0 Å². The van der Waals surface area contributed by atoms with Gasteiger partial charge in [-0.2, -0.15) is 0 Å². The number of benzene rings is 2. The summed E-state index contributed by atoms with van der Waals surface area (Å²) in [6, 6.07) is 20.8. The number of nitrogens with zero attached hydrogens (tertiary/aromatic N) is 3. The fourth-order valence-electron chi connectivity index (χ4n) is 1.79. The van der Waals surface area contributed by atoms with Crippen molar-refractivity contribution in [3.8, 4) is 0 Å². The Balaban J connectivity index is 1.98. The molecular weight excluding hydrogens is 210 g/mol. The lowest BCUT2D eigenvalue weighted by Gasteiger charge is -2.08. The van der Waals surface area contributed by atoms with Gasteiger partial charge in [0.2, 0.25) is 0 Å². The van der Waals surface area contributed by atoms with Gasteiger partial charge in [-0.1, -0.05) is 60.7 Å². The van der Waals surface area contributed by atoms with Crippen molar-refractivity contribution < 1.29 is 0 Å². The van der Waals surface area contributed by atoms with Crippen LogP contribution in [0, 0.1) is 6.04 Å². The summed E-state index contributed by atoms with van der Waals surface area (Å²) in [7, 11) is 0. The van der Waals surface area contributed by atoms with Crippen LogP contribution in [0.15, 0.2) is 76.1 Å². The Hall–Kier alpha value is -2.29. The summed E-state index contributed by atoms with van der Waals surface area (Å²) in [6.07, 6.45) is 0. The first kappa shape index (κ1) is 9.90. The first-order chi connectivity index (χ1) is 8.45. The molecule has 3 nitrogen and oxygen atoms in total. The van der Waals surface area contributed by atoms with E-state index >= 15 is 0 Å². The van der Waals surface area contributed by atoms with Crippen LogP contribution in [0.4, 0.5) is 0 Å². The van der Waals surface area contributed by atoms with Crippen LogP contribution in [-0.4, -0.2) is 5.71 Å². The predicted molar refractivity (Wildman–Crippen MR) is 66.6 cm³/mol. The van der Waals surface area contributed by atoms with Crippen molar-refractivity contribution in [3.05, 3.63) is 77.8 Å². The Morgan fingerprint density at radius 3 is 1.88 bits per heavy atom. The first-order valence-corrected chi connectivity index (χ1v) is 5.42. The summed E-state index contributed by atoms with van der Waals surface area (Å²) < 4.78 is 0. The molecule has 0 atom stereocenters. The molecule has 0 aromatic heterocycles. The van der Waals surface area contributed by atoms with Crippen LogP contribution in [0.3, 0.4) is 0 Å². The average molecular weight is 220 g/mol. The van der Waals surface area contributed by atoms with Crippen molar-refractivity contribution in [1.82, 2.24) is 0 Å². The largest absolute Gasteiger partial charge is 0.190 e. The van der Waals surface area contributed by atoms with Crippen molar-refractivity contribution in [1.29, 1.82) is 0 Å². The molecule has 0 saturated heterocycles. The summed E-state index contributed by atoms with van der Waals surface area (Å²) in [5, 5.41) is 12.0. The molecule has 0 spiro atoms. The highest BCUT2D eigenvalue weighted by Gasteiger charge is 2.24. The highest BCUT2D eigenvalue weighted by Crippen LogP contribution is 2.26. The Bertz CT molecular complexity index is 559. The molecule has 0 unspecified atom stereocenters. The molecule has 2 aromatic rings. The highest BCUT2D eigenvalue weighted by atomic mass is 15.4. The fraction of sp³-hybridized carbons (Fsp3) is 0. The molecule has 0 saturated carbocycles. The third-order valence-electron chi connectivity index (χ3n) is 2.61. The van der Waals surface area contributed by atoms with Gasteiger partial charge in [0.25, 0.3) is 0 Å². The second-order valence-electron chi connectivity index (χ2n) is 3.72. The molecule has 1 aliphatic rings. The number of rotatable bonds is 2. The molecule has 0 fully saturated rings. The monoisotopic (exact) mass is 220 g/mol. The number of hydrogen-bond acceptors (Lipinski definition) is 3. The van der Waals surface area contributed by atoms with Crippen LogP contribution < -0.4 is 0 Å². The highest BCUT2D eigenvalue weighted by molar-refractivity contribution is 6.12. The molecule has 1 aliphatic heterocycles. The van der Waals surface area contributed by atoms with Crippen molar-refractivity contribution >= 4 is 5.71 Å². The zero-order chi connectivity index (χ0) is 11.5. The van der Waals surface area contributed by atoms with E-state index in [2.05, 4.69) is 15.4 Å². The average Bonchev–Trinajstić information content (AvgIpc) is 2.90. The van der Waals surface area contributed by atoms with Gasteiger partial charge in [-0.15, -0.1) is 10.2 Å². The summed E-state index contributed by atoms with van der Waals surface area (Å²) in [5.41, 5.74) is 2.91. The lowest BCUT2D eigenvalue weighted by atomic mass is 9.98. The maximum absolute atomic E-state index is 4.10. The van der Waals surface area contributed by atoms with Crippen LogP contribution >= 0.6 is 0 Å². The molecule has 17 heavy (non-hydrogen) atoms. The molecule has 3 heteroatoms. The van der Waals surface area contributed by atoms with E-state index in [4.69, 9.17) is 0 Å². The quantitative estimate of drug-likeness (QED) is 0.743. The minimum absolute atomic E-state index is 0.830. The lowest BCUT2D eigenvalue weighted by Crippen LogP contribution is -2.09. The third-order valence-corrected chi connectivity index (χ3v) is 2.61. The van der Waals surface area contributed by atoms with Gasteiger partial charge >= 0.3 is 0 Å². The van der Waals surface area contributed by atoms with Crippen LogP contribution in [0.5, 0.6) is 0 Å². The standard InChI is InChI=1S/C14H10N3/c1-3-7-11(8-4-1)13-14(16-17-15-13)12-9-5-2-6-10-12/h1-10H. The van der Waals surface area contributed by atoms with Gasteiger partial charge in [0.1, 0.15) is 5.71 Å². The molecule has 3 rings (SSSR count). The van der Waals surface area contributed by atoms with E-state index in [1.807, 2.05) is 60.7 Å². The maximum atomic E-state index is 4.10. The molecule has 0 N–H and O–H groups in total. The van der Waals surface area contributed by atoms with Gasteiger partial charge in [0, 0.05) is 5.56 Å². The molecule has 0 bridgehead atoms. The predicted octanol–water partition coefficient (Wildman–Crippen LogP) is 3.44. The topological polar surface area (TPSA) is 37.1 Å².